The predicted octanol–water partition coefficient (Wildman–Crippen LogP) is 3.99. The maximum absolute atomic E-state index is 15.3. The maximum Gasteiger partial charge on any atom is 0.235 e. The number of anilines is 2. The Bertz CT molecular complexity index is 1340. The van der Waals surface area contributed by atoms with Crippen LogP contribution >= 0.6 is 0 Å². The van der Waals surface area contributed by atoms with Gasteiger partial charge in [0.05, 0.1) is 16.3 Å². The van der Waals surface area contributed by atoms with Gasteiger partial charge in [0.15, 0.2) is 0 Å². The van der Waals surface area contributed by atoms with E-state index in [9.17, 15) is 8.42 Å². The second-order valence-corrected chi connectivity index (χ2v) is 11.8. The Labute approximate surface area is 200 Å². The number of halogens is 1. The Balaban J connectivity index is 1.54. The zero-order chi connectivity index (χ0) is 24.2. The number of nitrogens with zero attached hydrogens (tertiary/aromatic N) is 4. The highest BCUT2D eigenvalue weighted by Gasteiger charge is 2.32. The van der Waals surface area contributed by atoms with Crippen LogP contribution in [0.5, 0.6) is 0 Å². The van der Waals surface area contributed by atoms with Crippen LogP contribution in [0.15, 0.2) is 30.6 Å². The van der Waals surface area contributed by atoms with Gasteiger partial charge < -0.3 is 14.4 Å². The maximum atomic E-state index is 15.3. The van der Waals surface area contributed by atoms with Crippen LogP contribution in [-0.4, -0.2) is 60.8 Å². The van der Waals surface area contributed by atoms with Gasteiger partial charge in [-0.3, -0.25) is 4.72 Å². The molecule has 4 heterocycles. The molecule has 34 heavy (non-hydrogen) atoms. The molecular formula is C25H32FN5O2S. The number of rotatable bonds is 5. The van der Waals surface area contributed by atoms with Gasteiger partial charge >= 0.3 is 0 Å². The van der Waals surface area contributed by atoms with E-state index in [1.807, 2.05) is 30.9 Å². The number of benzene rings is 1. The summed E-state index contributed by atoms with van der Waals surface area (Å²) in [5.41, 5.74) is 4.15. The molecular weight excluding hydrogens is 453 g/mol. The molecule has 0 atom stereocenters. The van der Waals surface area contributed by atoms with E-state index in [0.29, 0.717) is 46.7 Å². The molecule has 9 heteroatoms. The summed E-state index contributed by atoms with van der Waals surface area (Å²) >= 11 is 0. The lowest BCUT2D eigenvalue weighted by Crippen LogP contribution is -2.43. The third-order valence-corrected chi connectivity index (χ3v) is 9.19. The first-order valence-electron chi connectivity index (χ1n) is 11.9. The van der Waals surface area contributed by atoms with E-state index < -0.39 is 15.3 Å². The number of hydrogen-bond acceptors (Lipinski definition) is 5. The lowest BCUT2D eigenvalue weighted by atomic mass is 10.0. The largest absolute Gasteiger partial charge is 0.374 e. The van der Waals surface area contributed by atoms with Crippen molar-refractivity contribution in [2.45, 2.75) is 44.4 Å². The number of hydrogen-bond donors (Lipinski definition) is 1. The number of aryl methyl sites for hydroxylation is 1. The van der Waals surface area contributed by atoms with Crippen molar-refractivity contribution < 1.29 is 12.8 Å². The summed E-state index contributed by atoms with van der Waals surface area (Å²) in [4.78, 5) is 8.89. The first kappa shape index (κ1) is 23.1. The minimum atomic E-state index is -3.61. The predicted molar refractivity (Wildman–Crippen MR) is 135 cm³/mol. The van der Waals surface area contributed by atoms with Crippen LogP contribution in [0.2, 0.25) is 0 Å². The summed E-state index contributed by atoms with van der Waals surface area (Å²) < 4.78 is 46.6. The molecule has 1 fully saturated rings. The number of piperidine rings is 1. The first-order valence-corrected chi connectivity index (χ1v) is 13.4. The minimum Gasteiger partial charge on any atom is -0.374 e. The van der Waals surface area contributed by atoms with Crippen LogP contribution < -0.4 is 9.62 Å². The third kappa shape index (κ3) is 3.94. The van der Waals surface area contributed by atoms with Gasteiger partial charge in [0.2, 0.25) is 10.0 Å². The molecule has 0 spiro atoms. The van der Waals surface area contributed by atoms with Crippen LogP contribution in [0.25, 0.3) is 22.2 Å². The fourth-order valence-corrected chi connectivity index (χ4v) is 6.78. The number of pyridine rings is 1. The van der Waals surface area contributed by atoms with Crippen LogP contribution in [0.4, 0.5) is 15.8 Å². The van der Waals surface area contributed by atoms with Gasteiger partial charge in [-0.2, -0.15) is 0 Å². The Hall–Kier alpha value is -2.65. The third-order valence-electron chi connectivity index (χ3n) is 7.34. The van der Waals surface area contributed by atoms with Crippen LogP contribution in [-0.2, 0) is 23.5 Å². The standard InChI is InChI=1S/C25H32FN5O2S/c1-16(2)31-11-7-18(8-12-31)34(32,33)28-22-5-9-27-25-24(22)20(15-30(25)4)19-14-23-17(13-21(19)26)6-10-29(23)3/h5,9,13-16,18H,6-8,10-12H2,1-4H3,(H,27,28). The highest BCUT2D eigenvalue weighted by Crippen LogP contribution is 2.40. The highest BCUT2D eigenvalue weighted by atomic mass is 32.2. The van der Waals surface area contributed by atoms with Crippen molar-refractivity contribution in [1.82, 2.24) is 14.5 Å². The second kappa shape index (κ2) is 8.53. The van der Waals surface area contributed by atoms with Gasteiger partial charge in [-0.05, 0) is 70.0 Å². The Morgan fingerprint density at radius 1 is 1.12 bits per heavy atom. The molecule has 7 nitrogen and oxygen atoms in total. The normalized spacial score (nSPS) is 17.6. The van der Waals surface area contributed by atoms with Crippen molar-refractivity contribution in [3.8, 4) is 11.1 Å². The van der Waals surface area contributed by atoms with Gasteiger partial charge in [0.25, 0.3) is 0 Å². The molecule has 1 saturated heterocycles. The van der Waals surface area contributed by atoms with Gasteiger partial charge in [-0.1, -0.05) is 0 Å². The molecule has 0 aliphatic carbocycles. The molecule has 0 amide bonds. The lowest BCUT2D eigenvalue weighted by molar-refractivity contribution is 0.186. The molecule has 1 N–H and O–H groups in total. The average molecular weight is 486 g/mol. The van der Waals surface area contributed by atoms with Crippen molar-refractivity contribution in [2.24, 2.45) is 7.05 Å². The topological polar surface area (TPSA) is 70.5 Å². The zero-order valence-electron chi connectivity index (χ0n) is 20.2. The summed E-state index contributed by atoms with van der Waals surface area (Å²) in [6.07, 6.45) is 5.43. The van der Waals surface area contributed by atoms with E-state index in [2.05, 4.69) is 33.4 Å². The summed E-state index contributed by atoms with van der Waals surface area (Å²) in [7, 11) is 0.235. The molecule has 0 bridgehead atoms. The first-order chi connectivity index (χ1) is 16.2. The number of aromatic nitrogens is 2. The average Bonchev–Trinajstić information content (AvgIpc) is 3.33. The van der Waals surface area contributed by atoms with Gasteiger partial charge in [0.1, 0.15) is 11.5 Å². The van der Waals surface area contributed by atoms with Crippen LogP contribution in [0, 0.1) is 5.82 Å². The summed E-state index contributed by atoms with van der Waals surface area (Å²) in [5, 5.41) is 0.163. The molecule has 0 saturated carbocycles. The van der Waals surface area contributed by atoms with Crippen molar-refractivity contribution in [3.05, 3.63) is 42.0 Å². The SMILES string of the molecule is CC(C)N1CCC(S(=O)(=O)Nc2ccnc3c2c(-c2cc4c(cc2F)CCN4C)cn3C)CC1. The number of likely N-dealkylation sites (tertiary alicyclic amines) is 1. The number of nitrogens with one attached hydrogen (secondary N) is 1. The molecule has 0 radical (unpaired) electrons. The minimum absolute atomic E-state index is 0.305. The van der Waals surface area contributed by atoms with E-state index in [4.69, 9.17) is 0 Å². The Morgan fingerprint density at radius 3 is 2.56 bits per heavy atom. The lowest BCUT2D eigenvalue weighted by Gasteiger charge is -2.34. The van der Waals surface area contributed by atoms with E-state index in [-0.39, 0.29) is 5.82 Å². The van der Waals surface area contributed by atoms with Crippen molar-refractivity contribution in [2.75, 3.05) is 36.3 Å². The summed E-state index contributed by atoms with van der Waals surface area (Å²) in [5.74, 6) is -0.305. The van der Waals surface area contributed by atoms with E-state index >= 15 is 4.39 Å². The van der Waals surface area contributed by atoms with Crippen LogP contribution in [0.3, 0.4) is 0 Å². The molecule has 5 rings (SSSR count). The monoisotopic (exact) mass is 485 g/mol. The molecule has 0 unspecified atom stereocenters. The Morgan fingerprint density at radius 2 is 1.85 bits per heavy atom. The molecule has 2 aliphatic heterocycles. The zero-order valence-corrected chi connectivity index (χ0v) is 21.0. The number of likely N-dealkylation sites (N-methyl/N-ethyl adjacent to an activating group) is 1. The number of fused-ring (bicyclic) bond motifs is 2. The van der Waals surface area contributed by atoms with E-state index in [0.717, 1.165) is 37.3 Å². The van der Waals surface area contributed by atoms with Gasteiger partial charge in [0, 0.05) is 55.9 Å². The van der Waals surface area contributed by atoms with Gasteiger partial charge in [-0.25, -0.2) is 17.8 Å². The van der Waals surface area contributed by atoms with E-state index in [1.165, 1.54) is 0 Å². The molecule has 182 valence electrons. The fraction of sp³-hybridized carbons (Fsp3) is 0.480. The highest BCUT2D eigenvalue weighted by molar-refractivity contribution is 7.93. The van der Waals surface area contributed by atoms with Crippen molar-refractivity contribution in [3.63, 3.8) is 0 Å². The summed E-state index contributed by atoms with van der Waals surface area (Å²) in [6.45, 7) is 6.65. The van der Waals surface area contributed by atoms with Crippen molar-refractivity contribution >= 4 is 32.4 Å². The Kier molecular flexibility index (Phi) is 5.80. The molecule has 2 aromatic heterocycles. The summed E-state index contributed by atoms with van der Waals surface area (Å²) in [6, 6.07) is 5.56. The number of sulfonamides is 1. The molecule has 3 aromatic rings. The van der Waals surface area contributed by atoms with Crippen molar-refractivity contribution in [1.29, 1.82) is 0 Å². The van der Waals surface area contributed by atoms with E-state index in [1.54, 1.807) is 18.3 Å². The smallest absolute Gasteiger partial charge is 0.235 e. The fourth-order valence-electron chi connectivity index (χ4n) is 5.30. The second-order valence-electron chi connectivity index (χ2n) is 9.82. The van der Waals surface area contributed by atoms with Gasteiger partial charge in [-0.15, -0.1) is 0 Å². The molecule has 2 aliphatic rings. The quantitative estimate of drug-likeness (QED) is 0.592. The molecule has 1 aromatic carbocycles. The van der Waals surface area contributed by atoms with Crippen LogP contribution in [0.1, 0.15) is 32.3 Å².